The molecule has 0 spiro atoms. The summed E-state index contributed by atoms with van der Waals surface area (Å²) in [4.78, 5) is 13.8. The summed E-state index contributed by atoms with van der Waals surface area (Å²) in [5, 5.41) is 2.86. The van der Waals surface area contributed by atoms with Crippen LogP contribution in [-0.4, -0.2) is 57.2 Å². The number of sulfonamides is 1. The Kier molecular flexibility index (Phi) is 7.12. The van der Waals surface area contributed by atoms with Gasteiger partial charge in [-0.1, -0.05) is 24.3 Å². The summed E-state index contributed by atoms with van der Waals surface area (Å²) >= 11 is 1.66. The van der Waals surface area contributed by atoms with Gasteiger partial charge < -0.3 is 10.1 Å². The SMILES string of the molecule is Cc1ccc(C(=O)NCCSc2ccccc2)cc1S(=O)(=O)N1CCOCC1. The minimum Gasteiger partial charge on any atom is -0.379 e. The normalized spacial score (nSPS) is 15.3. The van der Waals surface area contributed by atoms with Gasteiger partial charge in [0.15, 0.2) is 0 Å². The van der Waals surface area contributed by atoms with Crippen LogP contribution >= 0.6 is 11.8 Å². The van der Waals surface area contributed by atoms with E-state index in [1.54, 1.807) is 30.8 Å². The van der Waals surface area contributed by atoms with Crippen molar-refractivity contribution < 1.29 is 17.9 Å². The van der Waals surface area contributed by atoms with Crippen molar-refractivity contribution in [2.24, 2.45) is 0 Å². The molecule has 0 aromatic heterocycles. The molecule has 6 nitrogen and oxygen atoms in total. The number of nitrogens with zero attached hydrogens (tertiary/aromatic N) is 1. The van der Waals surface area contributed by atoms with Crippen molar-refractivity contribution in [3.8, 4) is 0 Å². The molecule has 0 bridgehead atoms. The fourth-order valence-corrected chi connectivity index (χ4v) is 5.35. The molecular weight excluding hydrogens is 396 g/mol. The third kappa shape index (κ3) is 5.14. The van der Waals surface area contributed by atoms with Crippen molar-refractivity contribution in [3.05, 3.63) is 59.7 Å². The molecule has 1 N–H and O–H groups in total. The molecular formula is C20H24N2O4S2. The number of morpholine rings is 1. The maximum atomic E-state index is 12.9. The highest BCUT2D eigenvalue weighted by atomic mass is 32.2. The summed E-state index contributed by atoms with van der Waals surface area (Å²) in [7, 11) is -3.64. The number of ether oxygens (including phenoxy) is 1. The summed E-state index contributed by atoms with van der Waals surface area (Å²) in [5.41, 5.74) is 0.977. The largest absolute Gasteiger partial charge is 0.379 e. The number of rotatable bonds is 7. The van der Waals surface area contributed by atoms with Gasteiger partial charge in [-0.15, -0.1) is 11.8 Å². The molecule has 8 heteroatoms. The second-order valence-corrected chi connectivity index (χ2v) is 9.49. The summed E-state index contributed by atoms with van der Waals surface area (Å²) in [6, 6.07) is 14.8. The van der Waals surface area contributed by atoms with Gasteiger partial charge >= 0.3 is 0 Å². The Hall–Kier alpha value is -1.87. The number of carbonyl (C=O) groups is 1. The van der Waals surface area contributed by atoms with Crippen molar-refractivity contribution in [1.29, 1.82) is 0 Å². The Labute approximate surface area is 170 Å². The molecule has 2 aromatic rings. The standard InChI is InChI=1S/C20H24N2O4S2/c1-16-7-8-17(15-19(16)28(24,25)22-10-12-26-13-11-22)20(23)21-9-14-27-18-5-3-2-4-6-18/h2-8,15H,9-14H2,1H3,(H,21,23). The topological polar surface area (TPSA) is 75.7 Å². The molecule has 1 aliphatic heterocycles. The van der Waals surface area contributed by atoms with Gasteiger partial charge in [-0.2, -0.15) is 4.31 Å². The number of benzene rings is 2. The van der Waals surface area contributed by atoms with Crippen LogP contribution in [0.15, 0.2) is 58.3 Å². The van der Waals surface area contributed by atoms with E-state index in [0.29, 0.717) is 44.0 Å². The molecule has 3 rings (SSSR count). The lowest BCUT2D eigenvalue weighted by molar-refractivity contribution is 0.0730. The van der Waals surface area contributed by atoms with E-state index >= 15 is 0 Å². The van der Waals surface area contributed by atoms with Gasteiger partial charge in [-0.05, 0) is 36.8 Å². The minimum atomic E-state index is -3.64. The third-order valence-electron chi connectivity index (χ3n) is 4.44. The van der Waals surface area contributed by atoms with E-state index in [-0.39, 0.29) is 10.8 Å². The lowest BCUT2D eigenvalue weighted by Crippen LogP contribution is -2.41. The van der Waals surface area contributed by atoms with E-state index in [0.717, 1.165) is 10.6 Å². The molecule has 28 heavy (non-hydrogen) atoms. The monoisotopic (exact) mass is 420 g/mol. The van der Waals surface area contributed by atoms with Crippen LogP contribution in [0.1, 0.15) is 15.9 Å². The predicted octanol–water partition coefficient (Wildman–Crippen LogP) is 2.54. The van der Waals surface area contributed by atoms with Crippen LogP contribution in [0.2, 0.25) is 0 Å². The number of hydrogen-bond donors (Lipinski definition) is 1. The average Bonchev–Trinajstić information content (AvgIpc) is 2.72. The van der Waals surface area contributed by atoms with Crippen LogP contribution in [0.5, 0.6) is 0 Å². The zero-order chi connectivity index (χ0) is 20.0. The number of carbonyl (C=O) groups excluding carboxylic acids is 1. The molecule has 0 aliphatic carbocycles. The molecule has 2 aromatic carbocycles. The van der Waals surface area contributed by atoms with Crippen LogP contribution < -0.4 is 5.32 Å². The Bertz CT molecular complexity index is 911. The molecule has 1 heterocycles. The van der Waals surface area contributed by atoms with Gasteiger partial charge in [-0.3, -0.25) is 4.79 Å². The first kappa shape index (κ1) is 20.9. The average molecular weight is 421 g/mol. The molecule has 1 fully saturated rings. The fraction of sp³-hybridized carbons (Fsp3) is 0.350. The van der Waals surface area contributed by atoms with Crippen LogP contribution in [-0.2, 0) is 14.8 Å². The second kappa shape index (κ2) is 9.56. The highest BCUT2D eigenvalue weighted by Gasteiger charge is 2.28. The van der Waals surface area contributed by atoms with E-state index in [1.165, 1.54) is 10.4 Å². The lowest BCUT2D eigenvalue weighted by Gasteiger charge is -2.26. The smallest absolute Gasteiger partial charge is 0.251 e. The van der Waals surface area contributed by atoms with Crippen molar-refractivity contribution in [2.75, 3.05) is 38.6 Å². The van der Waals surface area contributed by atoms with E-state index in [2.05, 4.69) is 5.32 Å². The lowest BCUT2D eigenvalue weighted by atomic mass is 10.1. The molecule has 1 saturated heterocycles. The van der Waals surface area contributed by atoms with Crippen molar-refractivity contribution in [1.82, 2.24) is 9.62 Å². The number of nitrogens with one attached hydrogen (secondary N) is 1. The Balaban J connectivity index is 1.64. The molecule has 1 aliphatic rings. The molecule has 150 valence electrons. The quantitative estimate of drug-likeness (QED) is 0.550. The van der Waals surface area contributed by atoms with Gasteiger partial charge in [0.25, 0.3) is 5.91 Å². The van der Waals surface area contributed by atoms with Crippen LogP contribution in [0, 0.1) is 6.92 Å². The first-order valence-corrected chi connectivity index (χ1v) is 11.6. The second-order valence-electron chi connectivity index (χ2n) is 6.41. The van der Waals surface area contributed by atoms with E-state index in [4.69, 9.17) is 4.74 Å². The zero-order valence-corrected chi connectivity index (χ0v) is 17.4. The van der Waals surface area contributed by atoms with Crippen LogP contribution in [0.3, 0.4) is 0 Å². The first-order valence-electron chi connectivity index (χ1n) is 9.13. The molecule has 0 radical (unpaired) electrons. The van der Waals surface area contributed by atoms with Crippen molar-refractivity contribution >= 4 is 27.7 Å². The van der Waals surface area contributed by atoms with Crippen molar-refractivity contribution in [2.45, 2.75) is 16.7 Å². The number of thioether (sulfide) groups is 1. The number of hydrogen-bond acceptors (Lipinski definition) is 5. The van der Waals surface area contributed by atoms with Gasteiger partial charge in [0.05, 0.1) is 18.1 Å². The molecule has 1 amide bonds. The summed E-state index contributed by atoms with van der Waals surface area (Å²) < 4.78 is 32.5. The van der Waals surface area contributed by atoms with E-state index in [1.807, 2.05) is 30.3 Å². The van der Waals surface area contributed by atoms with Crippen LogP contribution in [0.25, 0.3) is 0 Å². The summed E-state index contributed by atoms with van der Waals surface area (Å²) in [6.45, 7) is 3.67. The van der Waals surface area contributed by atoms with Gasteiger partial charge in [0, 0.05) is 35.8 Å². The van der Waals surface area contributed by atoms with Crippen molar-refractivity contribution in [3.63, 3.8) is 0 Å². The predicted molar refractivity (Wildman–Crippen MR) is 110 cm³/mol. The summed E-state index contributed by atoms with van der Waals surface area (Å²) in [6.07, 6.45) is 0. The number of amides is 1. The molecule has 0 unspecified atom stereocenters. The van der Waals surface area contributed by atoms with Gasteiger partial charge in [-0.25, -0.2) is 8.42 Å². The Morgan fingerprint density at radius 3 is 2.57 bits per heavy atom. The highest BCUT2D eigenvalue weighted by Crippen LogP contribution is 2.22. The fourth-order valence-electron chi connectivity index (χ4n) is 2.90. The zero-order valence-electron chi connectivity index (χ0n) is 15.8. The minimum absolute atomic E-state index is 0.181. The maximum absolute atomic E-state index is 12.9. The van der Waals surface area contributed by atoms with Gasteiger partial charge in [0.2, 0.25) is 10.0 Å². The summed E-state index contributed by atoms with van der Waals surface area (Å²) in [5.74, 6) is 0.465. The first-order chi connectivity index (χ1) is 13.5. The molecule has 0 atom stereocenters. The Morgan fingerprint density at radius 2 is 1.86 bits per heavy atom. The maximum Gasteiger partial charge on any atom is 0.251 e. The van der Waals surface area contributed by atoms with Gasteiger partial charge in [0.1, 0.15) is 0 Å². The highest BCUT2D eigenvalue weighted by molar-refractivity contribution is 7.99. The Morgan fingerprint density at radius 1 is 1.14 bits per heavy atom. The van der Waals surface area contributed by atoms with E-state index < -0.39 is 10.0 Å². The van der Waals surface area contributed by atoms with Crippen LogP contribution in [0.4, 0.5) is 0 Å². The number of aryl methyl sites for hydroxylation is 1. The molecule has 0 saturated carbocycles. The third-order valence-corrected chi connectivity index (χ3v) is 7.49. The van der Waals surface area contributed by atoms with E-state index in [9.17, 15) is 13.2 Å².